The minimum Gasteiger partial charge on any atom is -0.378 e. The van der Waals surface area contributed by atoms with E-state index in [1.54, 1.807) is 29.2 Å². The zero-order valence-corrected chi connectivity index (χ0v) is 22.9. The number of aryl methyl sites for hydroxylation is 1. The summed E-state index contributed by atoms with van der Waals surface area (Å²) >= 11 is 8.41. The van der Waals surface area contributed by atoms with Crippen molar-refractivity contribution in [1.82, 2.24) is 9.47 Å². The van der Waals surface area contributed by atoms with Gasteiger partial charge in [0.15, 0.2) is 0 Å². The van der Waals surface area contributed by atoms with Gasteiger partial charge in [0, 0.05) is 28.9 Å². The SMILES string of the molecule is Cc1ccc(N2C(=O)C3Sc4c(sc(=O)n4CC(=O)N4CCOCC4)C(c4ccc(Cl)cc4)C3C2=O)cc1. The molecule has 3 aliphatic heterocycles. The molecule has 0 spiro atoms. The predicted molar refractivity (Wildman–Crippen MR) is 146 cm³/mol. The van der Waals surface area contributed by atoms with Gasteiger partial charge < -0.3 is 9.64 Å². The molecule has 38 heavy (non-hydrogen) atoms. The van der Waals surface area contributed by atoms with Crippen LogP contribution < -0.4 is 9.77 Å². The number of imide groups is 1. The van der Waals surface area contributed by atoms with E-state index in [9.17, 15) is 19.2 Å². The summed E-state index contributed by atoms with van der Waals surface area (Å²) in [4.78, 5) is 57.3. The van der Waals surface area contributed by atoms with E-state index in [-0.39, 0.29) is 29.1 Å². The molecule has 3 atom stereocenters. The zero-order chi connectivity index (χ0) is 26.6. The molecule has 0 bridgehead atoms. The Morgan fingerprint density at radius 1 is 1.00 bits per heavy atom. The molecule has 3 aliphatic rings. The van der Waals surface area contributed by atoms with E-state index >= 15 is 0 Å². The molecule has 2 fully saturated rings. The summed E-state index contributed by atoms with van der Waals surface area (Å²) < 4.78 is 6.81. The summed E-state index contributed by atoms with van der Waals surface area (Å²) in [6.07, 6.45) is 0. The fourth-order valence-electron chi connectivity index (χ4n) is 5.28. The van der Waals surface area contributed by atoms with Gasteiger partial charge in [-0.25, -0.2) is 4.90 Å². The number of fused-ring (bicyclic) bond motifs is 2. The molecule has 8 nitrogen and oxygen atoms in total. The lowest BCUT2D eigenvalue weighted by atomic mass is 9.83. The number of benzene rings is 2. The number of nitrogens with zero attached hydrogens (tertiary/aromatic N) is 3. The number of anilines is 1. The molecule has 0 radical (unpaired) electrons. The lowest BCUT2D eigenvalue weighted by Crippen LogP contribution is -2.43. The number of ether oxygens (including phenoxy) is 1. The van der Waals surface area contributed by atoms with Crippen LogP contribution in [0.3, 0.4) is 0 Å². The molecule has 0 N–H and O–H groups in total. The second-order valence-corrected chi connectivity index (χ2v) is 12.1. The van der Waals surface area contributed by atoms with Crippen molar-refractivity contribution in [2.24, 2.45) is 5.92 Å². The predicted octanol–water partition coefficient (Wildman–Crippen LogP) is 3.53. The van der Waals surface area contributed by atoms with Crippen LogP contribution in [-0.4, -0.2) is 58.7 Å². The highest BCUT2D eigenvalue weighted by Crippen LogP contribution is 2.53. The van der Waals surface area contributed by atoms with E-state index in [0.29, 0.717) is 46.9 Å². The number of morpholine rings is 1. The van der Waals surface area contributed by atoms with Crippen LogP contribution in [0, 0.1) is 12.8 Å². The summed E-state index contributed by atoms with van der Waals surface area (Å²) in [5, 5.41) is 0.401. The fraction of sp³-hybridized carbons (Fsp3) is 0.333. The van der Waals surface area contributed by atoms with Crippen LogP contribution in [0.5, 0.6) is 0 Å². The van der Waals surface area contributed by atoms with Gasteiger partial charge >= 0.3 is 4.87 Å². The quantitative estimate of drug-likeness (QED) is 0.447. The van der Waals surface area contributed by atoms with Crippen LogP contribution >= 0.6 is 34.7 Å². The maximum atomic E-state index is 13.9. The van der Waals surface area contributed by atoms with E-state index in [1.807, 2.05) is 31.2 Å². The molecule has 196 valence electrons. The number of rotatable bonds is 4. The number of halogens is 1. The Labute approximate surface area is 232 Å². The molecule has 1 aromatic heterocycles. The van der Waals surface area contributed by atoms with Crippen molar-refractivity contribution in [2.45, 2.75) is 29.7 Å². The maximum absolute atomic E-state index is 13.9. The smallest absolute Gasteiger partial charge is 0.308 e. The molecule has 3 aromatic rings. The summed E-state index contributed by atoms with van der Waals surface area (Å²) in [6, 6.07) is 14.4. The molecule has 0 aliphatic carbocycles. The third-order valence-corrected chi connectivity index (χ3v) is 10.1. The largest absolute Gasteiger partial charge is 0.378 e. The fourth-order valence-corrected chi connectivity index (χ4v) is 8.18. The molecular weight excluding hydrogens is 546 g/mol. The average molecular weight is 570 g/mol. The Bertz CT molecular complexity index is 1480. The number of hydrogen-bond acceptors (Lipinski definition) is 7. The number of thiazole rings is 1. The van der Waals surface area contributed by atoms with Crippen LogP contribution in [0.15, 0.2) is 58.4 Å². The van der Waals surface area contributed by atoms with Gasteiger partial charge in [0.1, 0.15) is 11.8 Å². The number of thioether (sulfide) groups is 1. The lowest BCUT2D eigenvalue weighted by molar-refractivity contribution is -0.136. The number of amides is 3. The Morgan fingerprint density at radius 3 is 2.37 bits per heavy atom. The second kappa shape index (κ2) is 10.00. The Morgan fingerprint density at radius 2 is 1.68 bits per heavy atom. The summed E-state index contributed by atoms with van der Waals surface area (Å²) in [5.41, 5.74) is 2.35. The molecule has 0 saturated carbocycles. The number of aromatic nitrogens is 1. The number of hydrogen-bond donors (Lipinski definition) is 0. The number of carbonyl (C=O) groups is 3. The van der Waals surface area contributed by atoms with Crippen molar-refractivity contribution in [3.63, 3.8) is 0 Å². The van der Waals surface area contributed by atoms with Crippen LogP contribution in [0.4, 0.5) is 5.69 Å². The first-order valence-corrected chi connectivity index (χ1v) is 14.4. The molecule has 2 aromatic carbocycles. The van der Waals surface area contributed by atoms with E-state index in [2.05, 4.69) is 0 Å². The lowest BCUT2D eigenvalue weighted by Gasteiger charge is -2.31. The summed E-state index contributed by atoms with van der Waals surface area (Å²) in [7, 11) is 0. The van der Waals surface area contributed by atoms with E-state index < -0.39 is 17.1 Å². The Hall–Kier alpha value is -2.92. The van der Waals surface area contributed by atoms with E-state index in [0.717, 1.165) is 22.5 Å². The first kappa shape index (κ1) is 25.4. The Balaban J connectivity index is 1.43. The minimum atomic E-state index is -0.726. The zero-order valence-electron chi connectivity index (χ0n) is 20.5. The van der Waals surface area contributed by atoms with Crippen LogP contribution in [-0.2, 0) is 25.7 Å². The maximum Gasteiger partial charge on any atom is 0.308 e. The van der Waals surface area contributed by atoms with Crippen molar-refractivity contribution in [3.8, 4) is 0 Å². The van der Waals surface area contributed by atoms with Crippen LogP contribution in [0.2, 0.25) is 5.02 Å². The van der Waals surface area contributed by atoms with Gasteiger partial charge in [0.2, 0.25) is 17.7 Å². The normalized spacial score (nSPS) is 22.9. The van der Waals surface area contributed by atoms with E-state index in [1.165, 1.54) is 21.2 Å². The van der Waals surface area contributed by atoms with Gasteiger partial charge in [0.05, 0.1) is 29.8 Å². The van der Waals surface area contributed by atoms with Crippen LogP contribution in [0.1, 0.15) is 21.9 Å². The first-order valence-electron chi connectivity index (χ1n) is 12.3. The highest BCUT2D eigenvalue weighted by atomic mass is 35.5. The van der Waals surface area contributed by atoms with Crippen molar-refractivity contribution in [1.29, 1.82) is 0 Å². The standard InChI is InChI=1S/C27H24ClN3O5S2/c1-15-2-8-18(9-3-15)31-24(33)21-20(16-4-6-17(28)7-5-16)23-26(37-22(21)25(31)34)30(27(35)38-23)14-19(32)29-10-12-36-13-11-29/h2-9,20-22H,10-14H2,1H3. The van der Waals surface area contributed by atoms with Gasteiger partial charge in [-0.05, 0) is 36.8 Å². The van der Waals surface area contributed by atoms with Gasteiger partial charge in [-0.15, -0.1) is 0 Å². The van der Waals surface area contributed by atoms with Gasteiger partial charge in [-0.1, -0.05) is 64.5 Å². The monoisotopic (exact) mass is 569 g/mol. The van der Waals surface area contributed by atoms with Crippen molar-refractivity contribution in [3.05, 3.63) is 79.2 Å². The number of carbonyl (C=O) groups excluding carboxylic acids is 3. The van der Waals surface area contributed by atoms with E-state index in [4.69, 9.17) is 16.3 Å². The average Bonchev–Trinajstić information content (AvgIpc) is 3.36. The summed E-state index contributed by atoms with van der Waals surface area (Å²) in [6.45, 7) is 3.70. The highest BCUT2D eigenvalue weighted by Gasteiger charge is 2.56. The highest BCUT2D eigenvalue weighted by molar-refractivity contribution is 8.00. The minimum absolute atomic E-state index is 0.119. The van der Waals surface area contributed by atoms with Gasteiger partial charge in [-0.2, -0.15) is 0 Å². The molecule has 4 heterocycles. The first-order chi connectivity index (χ1) is 18.3. The van der Waals surface area contributed by atoms with Crippen LogP contribution in [0.25, 0.3) is 0 Å². The van der Waals surface area contributed by atoms with Gasteiger partial charge in [-0.3, -0.25) is 23.7 Å². The molecule has 3 unspecified atom stereocenters. The third-order valence-electron chi connectivity index (χ3n) is 7.23. The second-order valence-electron chi connectivity index (χ2n) is 9.56. The summed E-state index contributed by atoms with van der Waals surface area (Å²) in [5.74, 6) is -1.99. The molecule has 11 heteroatoms. The molecular formula is C27H24ClN3O5S2. The van der Waals surface area contributed by atoms with Crippen molar-refractivity contribution >= 4 is 58.1 Å². The Kier molecular flexibility index (Phi) is 6.67. The van der Waals surface area contributed by atoms with Gasteiger partial charge in [0.25, 0.3) is 0 Å². The topological polar surface area (TPSA) is 88.9 Å². The third kappa shape index (κ3) is 4.29. The molecule has 6 rings (SSSR count). The molecule has 2 saturated heterocycles. The van der Waals surface area contributed by atoms with Crippen molar-refractivity contribution in [2.75, 3.05) is 31.2 Å². The molecule has 3 amide bonds. The van der Waals surface area contributed by atoms with Crippen molar-refractivity contribution < 1.29 is 19.1 Å².